The van der Waals surface area contributed by atoms with E-state index in [-0.39, 0.29) is 36.5 Å². The number of benzene rings is 4. The number of carbonyl (C=O) groups excluding carboxylic acids is 2. The number of aromatic nitrogens is 2. The Morgan fingerprint density at radius 2 is 1.72 bits per heavy atom. The summed E-state index contributed by atoms with van der Waals surface area (Å²) < 4.78 is 26.6. The molecule has 5 aromatic rings. The Morgan fingerprint density at radius 3 is 2.40 bits per heavy atom. The highest BCUT2D eigenvalue weighted by molar-refractivity contribution is 8.00. The van der Waals surface area contributed by atoms with Crippen LogP contribution in [0.4, 0.5) is 10.2 Å². The zero-order chi connectivity index (χ0) is 33.1. The van der Waals surface area contributed by atoms with E-state index in [1.165, 1.54) is 28.8 Å². The molecular weight excluding hydrogens is 639 g/mol. The van der Waals surface area contributed by atoms with E-state index < -0.39 is 5.25 Å². The number of anilines is 1. The second-order valence-electron chi connectivity index (χ2n) is 11.0. The van der Waals surface area contributed by atoms with Gasteiger partial charge in [-0.25, -0.2) is 9.07 Å². The van der Waals surface area contributed by atoms with E-state index in [1.807, 2.05) is 61.5 Å². The maximum absolute atomic E-state index is 14.1. The molecule has 4 aromatic carbocycles. The van der Waals surface area contributed by atoms with Gasteiger partial charge in [-0.1, -0.05) is 53.6 Å². The number of fused-ring (bicyclic) bond motifs is 1. The van der Waals surface area contributed by atoms with Gasteiger partial charge in [-0.05, 0) is 67.1 Å². The fourth-order valence-electron chi connectivity index (χ4n) is 5.50. The number of methoxy groups -OCH3 is 2. The predicted octanol–water partition coefficient (Wildman–Crippen LogP) is 7.14. The molecule has 1 aliphatic heterocycles. The van der Waals surface area contributed by atoms with E-state index in [9.17, 15) is 14.0 Å². The number of halogens is 2. The summed E-state index contributed by atoms with van der Waals surface area (Å²) in [5, 5.41) is 8.15. The van der Waals surface area contributed by atoms with Gasteiger partial charge in [0.1, 0.15) is 29.7 Å². The van der Waals surface area contributed by atoms with Gasteiger partial charge in [0.15, 0.2) is 0 Å². The molecule has 11 heteroatoms. The Kier molecular flexibility index (Phi) is 9.51. The van der Waals surface area contributed by atoms with E-state index in [2.05, 4.69) is 5.32 Å². The van der Waals surface area contributed by atoms with Crippen molar-refractivity contribution in [3.8, 4) is 28.4 Å². The molecule has 1 N–H and O–H groups in total. The first-order valence-electron chi connectivity index (χ1n) is 14.9. The molecule has 240 valence electrons. The number of aryl methyl sites for hydroxylation is 1. The lowest BCUT2D eigenvalue weighted by Gasteiger charge is -2.24. The average molecular weight is 671 g/mol. The first kappa shape index (κ1) is 32.2. The topological polar surface area (TPSA) is 85.7 Å². The fourth-order valence-corrected chi connectivity index (χ4v) is 6.84. The molecule has 0 aliphatic carbocycles. The van der Waals surface area contributed by atoms with Crippen LogP contribution < -0.4 is 19.7 Å². The molecule has 2 heterocycles. The molecule has 2 amide bonds. The van der Waals surface area contributed by atoms with E-state index in [0.29, 0.717) is 28.0 Å². The Morgan fingerprint density at radius 1 is 1.00 bits per heavy atom. The fraction of sp³-hybridized carbons (Fsp3) is 0.194. The van der Waals surface area contributed by atoms with Crippen molar-refractivity contribution in [1.29, 1.82) is 0 Å². The summed E-state index contributed by atoms with van der Waals surface area (Å²) in [5.74, 6) is 0.823. The SMILES string of the molecule is COc1ccc(OC)c([C@H]2SCC(=O)N(CC(=O)NCc3ccc(F)cc3)c3c2c(-c2ccc(Cl)cc2)nn3-c2ccc(C)cc2)c1. The number of nitrogens with zero attached hydrogens (tertiary/aromatic N) is 3. The summed E-state index contributed by atoms with van der Waals surface area (Å²) in [7, 11) is 3.20. The van der Waals surface area contributed by atoms with E-state index >= 15 is 0 Å². The molecule has 0 spiro atoms. The van der Waals surface area contributed by atoms with Crippen LogP contribution in [0.25, 0.3) is 16.9 Å². The van der Waals surface area contributed by atoms with Crippen molar-refractivity contribution in [2.24, 2.45) is 0 Å². The largest absolute Gasteiger partial charge is 0.497 e. The lowest BCUT2D eigenvalue weighted by atomic mass is 9.98. The third kappa shape index (κ3) is 6.84. The molecule has 1 aliphatic rings. The molecule has 0 saturated carbocycles. The van der Waals surface area contributed by atoms with Crippen LogP contribution in [-0.2, 0) is 16.1 Å². The van der Waals surface area contributed by atoms with Crippen molar-refractivity contribution in [2.45, 2.75) is 18.7 Å². The Hall–Kier alpha value is -4.80. The Balaban J connectivity index is 1.54. The van der Waals surface area contributed by atoms with Crippen molar-refractivity contribution in [3.05, 3.63) is 124 Å². The summed E-state index contributed by atoms with van der Waals surface area (Å²) in [6.45, 7) is 1.92. The van der Waals surface area contributed by atoms with Crippen molar-refractivity contribution in [3.63, 3.8) is 0 Å². The third-order valence-corrected chi connectivity index (χ3v) is 9.40. The standard InChI is InChI=1S/C36H32ClFN4O4S/c1-22-4-14-27(15-5-22)42-36-33(34(40-42)24-8-10-25(37)11-9-24)35(29-18-28(45-2)16-17-30(29)46-3)47-21-32(44)41(36)20-31(43)39-19-23-6-12-26(38)13-7-23/h4-18,35H,19-21H2,1-3H3,(H,39,43)/t35-/m1/s1. The van der Waals surface area contributed by atoms with Crippen LogP contribution in [0.15, 0.2) is 91.0 Å². The number of ether oxygens (including phenoxy) is 2. The highest BCUT2D eigenvalue weighted by Gasteiger charge is 2.39. The van der Waals surface area contributed by atoms with Gasteiger partial charge in [0, 0.05) is 28.3 Å². The highest BCUT2D eigenvalue weighted by Crippen LogP contribution is 2.51. The van der Waals surface area contributed by atoms with Crippen molar-refractivity contribution < 1.29 is 23.5 Å². The van der Waals surface area contributed by atoms with Gasteiger partial charge >= 0.3 is 0 Å². The van der Waals surface area contributed by atoms with Crippen LogP contribution in [-0.4, -0.2) is 48.1 Å². The Bertz CT molecular complexity index is 1910. The maximum Gasteiger partial charge on any atom is 0.240 e. The summed E-state index contributed by atoms with van der Waals surface area (Å²) >= 11 is 7.72. The summed E-state index contributed by atoms with van der Waals surface area (Å²) in [6.07, 6.45) is 0. The molecule has 0 unspecified atom stereocenters. The molecule has 47 heavy (non-hydrogen) atoms. The lowest BCUT2D eigenvalue weighted by molar-refractivity contribution is -0.123. The molecule has 0 bridgehead atoms. The highest BCUT2D eigenvalue weighted by atomic mass is 35.5. The van der Waals surface area contributed by atoms with E-state index in [0.717, 1.165) is 33.5 Å². The minimum atomic E-state index is -0.434. The van der Waals surface area contributed by atoms with Gasteiger partial charge < -0.3 is 14.8 Å². The van der Waals surface area contributed by atoms with E-state index in [4.69, 9.17) is 26.2 Å². The van der Waals surface area contributed by atoms with Crippen LogP contribution in [0.5, 0.6) is 11.5 Å². The smallest absolute Gasteiger partial charge is 0.240 e. The quantitative estimate of drug-likeness (QED) is 0.179. The van der Waals surface area contributed by atoms with Gasteiger partial charge in [-0.15, -0.1) is 11.8 Å². The predicted molar refractivity (Wildman–Crippen MR) is 183 cm³/mol. The molecular formula is C36H32ClFN4O4S. The lowest BCUT2D eigenvalue weighted by Crippen LogP contribution is -2.42. The molecule has 1 atom stereocenters. The van der Waals surface area contributed by atoms with E-state index in [1.54, 1.807) is 43.2 Å². The molecule has 0 radical (unpaired) electrons. The number of nitrogens with one attached hydrogen (secondary N) is 1. The normalized spacial score (nSPS) is 14.4. The van der Waals surface area contributed by atoms with Gasteiger partial charge in [-0.3, -0.25) is 14.5 Å². The van der Waals surface area contributed by atoms with Crippen molar-refractivity contribution in [2.75, 3.05) is 31.4 Å². The number of hydrogen-bond acceptors (Lipinski definition) is 6. The van der Waals surface area contributed by atoms with Crippen LogP contribution >= 0.6 is 23.4 Å². The zero-order valence-electron chi connectivity index (χ0n) is 26.0. The summed E-state index contributed by atoms with van der Waals surface area (Å²) in [6, 6.07) is 26.7. The minimum Gasteiger partial charge on any atom is -0.497 e. The zero-order valence-corrected chi connectivity index (χ0v) is 27.6. The molecule has 0 fully saturated rings. The number of thioether (sulfide) groups is 1. The molecule has 8 nitrogen and oxygen atoms in total. The van der Waals surface area contributed by atoms with Crippen LogP contribution in [0.1, 0.15) is 27.5 Å². The molecule has 1 aromatic heterocycles. The van der Waals surface area contributed by atoms with Gasteiger partial charge in [-0.2, -0.15) is 5.10 Å². The first-order chi connectivity index (χ1) is 22.7. The molecule has 6 rings (SSSR count). The summed E-state index contributed by atoms with van der Waals surface area (Å²) in [4.78, 5) is 29.1. The second kappa shape index (κ2) is 13.9. The first-order valence-corrected chi connectivity index (χ1v) is 16.3. The van der Waals surface area contributed by atoms with Crippen molar-refractivity contribution in [1.82, 2.24) is 15.1 Å². The minimum absolute atomic E-state index is 0.0823. The van der Waals surface area contributed by atoms with Crippen molar-refractivity contribution >= 4 is 41.0 Å². The number of rotatable bonds is 9. The van der Waals surface area contributed by atoms with Gasteiger partial charge in [0.05, 0.1) is 36.6 Å². The van der Waals surface area contributed by atoms with Gasteiger partial charge in [0.2, 0.25) is 11.8 Å². The number of amides is 2. The van der Waals surface area contributed by atoms with Crippen LogP contribution in [0, 0.1) is 12.7 Å². The number of hydrogen-bond donors (Lipinski definition) is 1. The second-order valence-corrected chi connectivity index (χ2v) is 12.6. The summed E-state index contributed by atoms with van der Waals surface area (Å²) in [5.41, 5.74) is 5.48. The Labute approximate surface area is 281 Å². The van der Waals surface area contributed by atoms with Gasteiger partial charge in [0.25, 0.3) is 0 Å². The van der Waals surface area contributed by atoms with Crippen LogP contribution in [0.2, 0.25) is 5.02 Å². The third-order valence-electron chi connectivity index (χ3n) is 7.91. The average Bonchev–Trinajstić information content (AvgIpc) is 3.40. The molecule has 0 saturated heterocycles. The maximum atomic E-state index is 14.1. The monoisotopic (exact) mass is 670 g/mol. The van der Waals surface area contributed by atoms with Crippen LogP contribution in [0.3, 0.4) is 0 Å². The number of carbonyl (C=O) groups is 2.